The molecule has 0 saturated carbocycles. The molecule has 0 bridgehead atoms. The maximum atomic E-state index is 12.8. The van der Waals surface area contributed by atoms with E-state index < -0.39 is 30.4 Å². The molecule has 1 aliphatic rings. The van der Waals surface area contributed by atoms with Crippen LogP contribution in [0, 0.1) is 13.8 Å². The number of hydrogen-bond acceptors (Lipinski definition) is 5. The van der Waals surface area contributed by atoms with E-state index in [1.54, 1.807) is 30.3 Å². The smallest absolute Gasteiger partial charge is 0.329 e. The summed E-state index contributed by atoms with van der Waals surface area (Å²) in [6.45, 7) is 4.64. The third-order valence-corrected chi connectivity index (χ3v) is 6.24. The first-order valence-corrected chi connectivity index (χ1v) is 11.1. The Hall–Kier alpha value is -3.52. The molecule has 1 aliphatic heterocycles. The number of rotatable bonds is 6. The Labute approximate surface area is 199 Å². The number of amides is 2. The molecular weight excluding hydrogens is 488 g/mol. The van der Waals surface area contributed by atoms with Gasteiger partial charge in [-0.3, -0.25) is 19.3 Å². The zero-order valence-electron chi connectivity index (χ0n) is 18.3. The van der Waals surface area contributed by atoms with E-state index in [-0.39, 0.29) is 16.9 Å². The molecule has 1 unspecified atom stereocenters. The highest BCUT2D eigenvalue weighted by molar-refractivity contribution is 9.10. The predicted octanol–water partition coefficient (Wildman–Crippen LogP) is 4.27. The van der Waals surface area contributed by atoms with Crippen LogP contribution in [0.5, 0.6) is 0 Å². The summed E-state index contributed by atoms with van der Waals surface area (Å²) in [4.78, 5) is 51.4. The lowest BCUT2D eigenvalue weighted by Crippen LogP contribution is -2.44. The van der Waals surface area contributed by atoms with Gasteiger partial charge in [-0.2, -0.15) is 0 Å². The first-order chi connectivity index (χ1) is 15.7. The maximum Gasteiger partial charge on any atom is 0.329 e. The van der Waals surface area contributed by atoms with E-state index in [0.29, 0.717) is 5.56 Å². The quantitative estimate of drug-likeness (QED) is 0.282. The van der Waals surface area contributed by atoms with E-state index in [1.807, 2.05) is 42.7 Å². The number of hydrogen-bond donors (Lipinski definition) is 0. The Morgan fingerprint density at radius 3 is 2.12 bits per heavy atom. The van der Waals surface area contributed by atoms with Crippen molar-refractivity contribution in [3.05, 3.63) is 87.1 Å². The minimum absolute atomic E-state index is 0.249. The van der Waals surface area contributed by atoms with Gasteiger partial charge in [-0.25, -0.2) is 4.79 Å². The number of nitrogens with zero attached hydrogens (tertiary/aromatic N) is 2. The molecule has 33 heavy (non-hydrogen) atoms. The molecule has 3 aromatic rings. The van der Waals surface area contributed by atoms with Crippen LogP contribution in [-0.2, 0) is 9.53 Å². The number of halogens is 1. The first-order valence-electron chi connectivity index (χ1n) is 10.3. The van der Waals surface area contributed by atoms with Crippen molar-refractivity contribution in [3.63, 3.8) is 0 Å². The van der Waals surface area contributed by atoms with E-state index >= 15 is 0 Å². The van der Waals surface area contributed by atoms with E-state index in [4.69, 9.17) is 4.74 Å². The Morgan fingerprint density at radius 1 is 0.970 bits per heavy atom. The van der Waals surface area contributed by atoms with Crippen LogP contribution in [0.3, 0.4) is 0 Å². The molecule has 0 fully saturated rings. The molecule has 0 saturated heterocycles. The molecule has 7 nitrogen and oxygen atoms in total. The highest BCUT2D eigenvalue weighted by atomic mass is 79.9. The van der Waals surface area contributed by atoms with Gasteiger partial charge in [-0.15, -0.1) is 0 Å². The first kappa shape index (κ1) is 22.7. The van der Waals surface area contributed by atoms with E-state index in [0.717, 1.165) is 26.4 Å². The highest BCUT2D eigenvalue weighted by Crippen LogP contribution is 2.25. The second-order valence-electron chi connectivity index (χ2n) is 7.83. The van der Waals surface area contributed by atoms with Crippen LogP contribution in [0.2, 0.25) is 0 Å². The van der Waals surface area contributed by atoms with Crippen molar-refractivity contribution in [1.29, 1.82) is 0 Å². The summed E-state index contributed by atoms with van der Waals surface area (Å²) in [5, 5.41) is 0. The van der Waals surface area contributed by atoms with Gasteiger partial charge in [0.1, 0.15) is 6.04 Å². The van der Waals surface area contributed by atoms with Crippen LogP contribution in [0.1, 0.15) is 49.4 Å². The number of carbonyl (C=O) groups is 4. The molecule has 0 N–H and O–H groups in total. The fourth-order valence-corrected chi connectivity index (χ4v) is 4.30. The van der Waals surface area contributed by atoms with E-state index in [1.165, 1.54) is 6.92 Å². The standard InChI is InChI=1S/C25H21BrN2O5/c1-14-12-21(15(2)27(14)18-10-8-17(26)9-11-18)22(29)13-33-25(32)16(3)28-23(30)19-6-4-5-7-20(19)24(28)31/h4-12,16H,13H2,1-3H3. The molecule has 2 amide bonds. The summed E-state index contributed by atoms with van der Waals surface area (Å²) in [5.41, 5.74) is 3.44. The average molecular weight is 509 g/mol. The molecule has 2 heterocycles. The Kier molecular flexibility index (Phi) is 6.03. The van der Waals surface area contributed by atoms with Gasteiger partial charge in [-0.05, 0) is 63.2 Å². The lowest BCUT2D eigenvalue weighted by molar-refractivity contribution is -0.146. The van der Waals surface area contributed by atoms with Gasteiger partial charge in [-0.1, -0.05) is 28.1 Å². The van der Waals surface area contributed by atoms with Gasteiger partial charge in [0.05, 0.1) is 11.1 Å². The van der Waals surface area contributed by atoms with Crippen LogP contribution in [-0.4, -0.2) is 45.7 Å². The van der Waals surface area contributed by atoms with Crippen LogP contribution >= 0.6 is 15.9 Å². The van der Waals surface area contributed by atoms with Crippen molar-refractivity contribution in [1.82, 2.24) is 9.47 Å². The van der Waals surface area contributed by atoms with Gasteiger partial charge in [0.15, 0.2) is 6.61 Å². The molecule has 168 valence electrons. The number of aromatic nitrogens is 1. The largest absolute Gasteiger partial charge is 0.456 e. The number of Topliss-reactive ketones (excluding diaryl/α,β-unsaturated/α-hetero) is 1. The van der Waals surface area contributed by atoms with Gasteiger partial charge in [0, 0.05) is 27.1 Å². The molecule has 1 aromatic heterocycles. The van der Waals surface area contributed by atoms with Crippen molar-refractivity contribution < 1.29 is 23.9 Å². The van der Waals surface area contributed by atoms with Crippen LogP contribution < -0.4 is 0 Å². The second-order valence-corrected chi connectivity index (χ2v) is 8.75. The van der Waals surface area contributed by atoms with Crippen molar-refractivity contribution in [3.8, 4) is 5.69 Å². The minimum atomic E-state index is -1.15. The lowest BCUT2D eigenvalue weighted by Gasteiger charge is -2.20. The summed E-state index contributed by atoms with van der Waals surface area (Å²) >= 11 is 3.41. The maximum absolute atomic E-state index is 12.8. The summed E-state index contributed by atoms with van der Waals surface area (Å²) < 4.78 is 8.10. The Bertz CT molecular complexity index is 1260. The topological polar surface area (TPSA) is 85.7 Å². The van der Waals surface area contributed by atoms with Crippen LogP contribution in [0.25, 0.3) is 5.69 Å². The third kappa shape index (κ3) is 4.02. The SMILES string of the molecule is Cc1cc(C(=O)COC(=O)C(C)N2C(=O)c3ccccc3C2=O)c(C)n1-c1ccc(Br)cc1. The second kappa shape index (κ2) is 8.78. The fourth-order valence-electron chi connectivity index (χ4n) is 4.03. The number of carbonyl (C=O) groups excluding carboxylic acids is 4. The number of ether oxygens (including phenoxy) is 1. The summed E-state index contributed by atoms with van der Waals surface area (Å²) in [6, 6.07) is 14.7. The minimum Gasteiger partial charge on any atom is -0.456 e. The molecule has 0 aliphatic carbocycles. The van der Waals surface area contributed by atoms with Crippen LogP contribution in [0.15, 0.2) is 59.1 Å². The number of fused-ring (bicyclic) bond motifs is 1. The van der Waals surface area contributed by atoms with Crippen molar-refractivity contribution in [2.24, 2.45) is 0 Å². The average Bonchev–Trinajstić information content (AvgIpc) is 3.24. The summed E-state index contributed by atoms with van der Waals surface area (Å²) in [6.07, 6.45) is 0. The molecule has 0 spiro atoms. The lowest BCUT2D eigenvalue weighted by atomic mass is 10.1. The fraction of sp³-hybridized carbons (Fsp3) is 0.200. The normalized spacial score (nSPS) is 13.8. The van der Waals surface area contributed by atoms with Gasteiger partial charge >= 0.3 is 5.97 Å². The van der Waals surface area contributed by atoms with Gasteiger partial charge in [0.2, 0.25) is 5.78 Å². The van der Waals surface area contributed by atoms with Crippen molar-refractivity contribution in [2.45, 2.75) is 26.8 Å². The van der Waals surface area contributed by atoms with E-state index in [9.17, 15) is 19.2 Å². The zero-order chi connectivity index (χ0) is 23.9. The number of ketones is 1. The van der Waals surface area contributed by atoms with Crippen molar-refractivity contribution in [2.75, 3.05) is 6.61 Å². The molecule has 8 heteroatoms. The molecule has 4 rings (SSSR count). The predicted molar refractivity (Wildman–Crippen MR) is 125 cm³/mol. The summed E-state index contributed by atoms with van der Waals surface area (Å²) in [7, 11) is 0. The zero-order valence-corrected chi connectivity index (χ0v) is 19.9. The number of imide groups is 1. The highest BCUT2D eigenvalue weighted by Gasteiger charge is 2.41. The molecular formula is C25H21BrN2O5. The molecule has 1 atom stereocenters. The molecule has 0 radical (unpaired) electrons. The van der Waals surface area contributed by atoms with Crippen LogP contribution in [0.4, 0.5) is 0 Å². The molecule has 2 aromatic carbocycles. The Balaban J connectivity index is 1.46. The van der Waals surface area contributed by atoms with Gasteiger partial charge < -0.3 is 9.30 Å². The number of esters is 1. The van der Waals surface area contributed by atoms with Gasteiger partial charge in [0.25, 0.3) is 11.8 Å². The number of aryl methyl sites for hydroxylation is 1. The monoisotopic (exact) mass is 508 g/mol. The van der Waals surface area contributed by atoms with Crippen molar-refractivity contribution >= 4 is 39.5 Å². The summed E-state index contributed by atoms with van der Waals surface area (Å²) in [5.74, 6) is -2.29. The Morgan fingerprint density at radius 2 is 1.55 bits per heavy atom. The third-order valence-electron chi connectivity index (χ3n) is 5.72. The van der Waals surface area contributed by atoms with E-state index in [2.05, 4.69) is 15.9 Å². The number of benzene rings is 2.